The van der Waals surface area contributed by atoms with Crippen molar-refractivity contribution in [2.24, 2.45) is 0 Å². The van der Waals surface area contributed by atoms with Gasteiger partial charge in [-0.2, -0.15) is 5.10 Å². The Kier molecular flexibility index (Phi) is 2.82. The Labute approximate surface area is 128 Å². The Balaban J connectivity index is 2.05. The number of fused-ring (bicyclic) bond motifs is 2. The number of anilines is 1. The summed E-state index contributed by atoms with van der Waals surface area (Å²) in [7, 11) is 0. The summed E-state index contributed by atoms with van der Waals surface area (Å²) >= 11 is 0. The molecule has 0 fully saturated rings. The van der Waals surface area contributed by atoms with E-state index in [4.69, 9.17) is 5.73 Å². The van der Waals surface area contributed by atoms with Gasteiger partial charge in [0.15, 0.2) is 5.65 Å². The van der Waals surface area contributed by atoms with Crippen molar-refractivity contribution in [2.75, 3.05) is 5.73 Å². The number of hydrogen-bond acceptors (Lipinski definition) is 3. The zero-order valence-electron chi connectivity index (χ0n) is 12.3. The fourth-order valence-electron chi connectivity index (χ4n) is 2.84. The van der Waals surface area contributed by atoms with E-state index in [1.54, 1.807) is 0 Å². The van der Waals surface area contributed by atoms with Crippen LogP contribution in [0.25, 0.3) is 27.7 Å². The van der Waals surface area contributed by atoms with Gasteiger partial charge in [-0.3, -0.25) is 0 Å². The van der Waals surface area contributed by atoms with Crippen LogP contribution < -0.4 is 5.73 Å². The second-order valence-electron chi connectivity index (χ2n) is 5.38. The van der Waals surface area contributed by atoms with Crippen LogP contribution in [0.5, 0.6) is 0 Å². The molecule has 22 heavy (non-hydrogen) atoms. The van der Waals surface area contributed by atoms with Gasteiger partial charge in [0.2, 0.25) is 0 Å². The molecule has 0 spiro atoms. The molecule has 2 aromatic carbocycles. The molecule has 2 aromatic heterocycles. The summed E-state index contributed by atoms with van der Waals surface area (Å²) in [6, 6.07) is 16.3. The van der Waals surface area contributed by atoms with E-state index in [2.05, 4.69) is 35.2 Å². The molecule has 4 aromatic rings. The first-order valence-corrected chi connectivity index (χ1v) is 7.38. The van der Waals surface area contributed by atoms with Crippen LogP contribution >= 0.6 is 0 Å². The molecule has 0 saturated carbocycles. The summed E-state index contributed by atoms with van der Waals surface area (Å²) in [6.07, 6.45) is 2.73. The highest BCUT2D eigenvalue weighted by atomic mass is 15.3. The molecule has 0 saturated heterocycles. The maximum absolute atomic E-state index is 5.90. The summed E-state index contributed by atoms with van der Waals surface area (Å²) in [5.74, 6) is 0. The van der Waals surface area contributed by atoms with Crippen molar-refractivity contribution in [3.8, 4) is 11.3 Å². The van der Waals surface area contributed by atoms with Crippen molar-refractivity contribution >= 4 is 22.1 Å². The Morgan fingerprint density at radius 3 is 2.86 bits per heavy atom. The van der Waals surface area contributed by atoms with Crippen LogP contribution in [-0.2, 0) is 6.42 Å². The first-order valence-electron chi connectivity index (χ1n) is 7.38. The average molecular weight is 288 g/mol. The lowest BCUT2D eigenvalue weighted by Crippen LogP contribution is -1.97. The molecule has 2 heterocycles. The monoisotopic (exact) mass is 288 g/mol. The number of nitrogen functional groups attached to an aromatic ring is 1. The van der Waals surface area contributed by atoms with Gasteiger partial charge in [0, 0.05) is 23.5 Å². The van der Waals surface area contributed by atoms with Gasteiger partial charge < -0.3 is 5.73 Å². The number of aromatic nitrogens is 3. The largest absolute Gasteiger partial charge is 0.399 e. The highest BCUT2D eigenvalue weighted by Gasteiger charge is 2.10. The van der Waals surface area contributed by atoms with E-state index in [1.807, 2.05) is 41.0 Å². The van der Waals surface area contributed by atoms with E-state index >= 15 is 0 Å². The number of hydrogen-bond donors (Lipinski definition) is 1. The molecule has 4 heteroatoms. The second-order valence-corrected chi connectivity index (χ2v) is 5.38. The van der Waals surface area contributed by atoms with Crippen molar-refractivity contribution < 1.29 is 0 Å². The lowest BCUT2D eigenvalue weighted by molar-refractivity contribution is 0.894. The summed E-state index contributed by atoms with van der Waals surface area (Å²) in [4.78, 5) is 4.41. The lowest BCUT2D eigenvalue weighted by atomic mass is 10.0. The zero-order valence-corrected chi connectivity index (χ0v) is 12.3. The summed E-state index contributed by atoms with van der Waals surface area (Å²) < 4.78 is 1.92. The van der Waals surface area contributed by atoms with Gasteiger partial charge >= 0.3 is 0 Å². The molecular formula is C18H16N4. The quantitative estimate of drug-likeness (QED) is 0.572. The first-order chi connectivity index (χ1) is 10.8. The summed E-state index contributed by atoms with van der Waals surface area (Å²) in [5.41, 5.74) is 10.8. The average Bonchev–Trinajstić information content (AvgIpc) is 2.97. The van der Waals surface area contributed by atoms with Crippen molar-refractivity contribution in [3.05, 3.63) is 60.4 Å². The van der Waals surface area contributed by atoms with Crippen LogP contribution in [-0.4, -0.2) is 14.6 Å². The molecule has 0 amide bonds. The highest BCUT2D eigenvalue weighted by molar-refractivity contribution is 5.97. The standard InChI is InChI=1S/C18H16N4/c1-2-14-11-18-20-9-8-17(22(18)21-14)16-5-3-4-12-10-13(19)6-7-15(12)16/h3-11H,2,19H2,1H3. The fourth-order valence-corrected chi connectivity index (χ4v) is 2.84. The van der Waals surface area contributed by atoms with E-state index in [0.29, 0.717) is 0 Å². The van der Waals surface area contributed by atoms with Crippen molar-refractivity contribution in [1.82, 2.24) is 14.6 Å². The van der Waals surface area contributed by atoms with Crippen molar-refractivity contribution in [3.63, 3.8) is 0 Å². The molecule has 0 atom stereocenters. The molecule has 108 valence electrons. The lowest BCUT2D eigenvalue weighted by Gasteiger charge is -2.09. The van der Waals surface area contributed by atoms with Crippen molar-refractivity contribution in [1.29, 1.82) is 0 Å². The van der Waals surface area contributed by atoms with Gasteiger partial charge in [-0.05, 0) is 35.4 Å². The number of nitrogens with two attached hydrogens (primary N) is 1. The molecule has 0 aliphatic rings. The van der Waals surface area contributed by atoms with E-state index in [0.717, 1.165) is 45.5 Å². The Hall–Kier alpha value is -2.88. The van der Waals surface area contributed by atoms with E-state index in [1.165, 1.54) is 0 Å². The van der Waals surface area contributed by atoms with E-state index in [-0.39, 0.29) is 0 Å². The van der Waals surface area contributed by atoms with E-state index in [9.17, 15) is 0 Å². The van der Waals surface area contributed by atoms with Crippen LogP contribution in [0.3, 0.4) is 0 Å². The van der Waals surface area contributed by atoms with Gasteiger partial charge in [0.25, 0.3) is 0 Å². The normalized spacial score (nSPS) is 11.3. The highest BCUT2D eigenvalue weighted by Crippen LogP contribution is 2.29. The third kappa shape index (κ3) is 1.92. The van der Waals surface area contributed by atoms with Gasteiger partial charge in [-0.1, -0.05) is 31.2 Å². The molecule has 0 unspecified atom stereocenters. The summed E-state index contributed by atoms with van der Waals surface area (Å²) in [5, 5.41) is 6.96. The Morgan fingerprint density at radius 2 is 2.00 bits per heavy atom. The molecule has 0 bridgehead atoms. The van der Waals surface area contributed by atoms with Crippen molar-refractivity contribution in [2.45, 2.75) is 13.3 Å². The minimum atomic E-state index is 0.775. The third-order valence-corrected chi connectivity index (χ3v) is 3.95. The predicted molar refractivity (Wildman–Crippen MR) is 89.7 cm³/mol. The number of rotatable bonds is 2. The molecule has 2 N–H and O–H groups in total. The minimum Gasteiger partial charge on any atom is -0.399 e. The minimum absolute atomic E-state index is 0.775. The topological polar surface area (TPSA) is 56.2 Å². The summed E-state index contributed by atoms with van der Waals surface area (Å²) in [6.45, 7) is 2.10. The molecular weight excluding hydrogens is 272 g/mol. The SMILES string of the molecule is CCc1cc2nccc(-c3cccc4cc(N)ccc34)n2n1. The fraction of sp³-hybridized carbons (Fsp3) is 0.111. The van der Waals surface area contributed by atoms with E-state index < -0.39 is 0 Å². The number of nitrogens with zero attached hydrogens (tertiary/aromatic N) is 3. The number of aryl methyl sites for hydroxylation is 1. The Morgan fingerprint density at radius 1 is 1.09 bits per heavy atom. The molecule has 0 aliphatic carbocycles. The van der Waals surface area contributed by atoms with Gasteiger partial charge in [-0.15, -0.1) is 0 Å². The molecule has 4 rings (SSSR count). The maximum Gasteiger partial charge on any atom is 0.155 e. The van der Waals surface area contributed by atoms with Gasteiger partial charge in [0.1, 0.15) is 0 Å². The van der Waals surface area contributed by atoms with Crippen LogP contribution in [0.4, 0.5) is 5.69 Å². The molecule has 0 aliphatic heterocycles. The third-order valence-electron chi connectivity index (χ3n) is 3.95. The maximum atomic E-state index is 5.90. The van der Waals surface area contributed by atoms with Crippen LogP contribution in [0.1, 0.15) is 12.6 Å². The predicted octanol–water partition coefficient (Wildman–Crippen LogP) is 3.69. The second kappa shape index (κ2) is 4.84. The van der Waals surface area contributed by atoms with Crippen LogP contribution in [0, 0.1) is 0 Å². The Bertz CT molecular complexity index is 985. The van der Waals surface area contributed by atoms with Crippen LogP contribution in [0.2, 0.25) is 0 Å². The molecule has 4 nitrogen and oxygen atoms in total. The van der Waals surface area contributed by atoms with Gasteiger partial charge in [0.05, 0.1) is 11.4 Å². The van der Waals surface area contributed by atoms with Crippen LogP contribution in [0.15, 0.2) is 54.7 Å². The zero-order chi connectivity index (χ0) is 15.1. The smallest absolute Gasteiger partial charge is 0.155 e. The molecule has 0 radical (unpaired) electrons. The van der Waals surface area contributed by atoms with Gasteiger partial charge in [-0.25, -0.2) is 9.50 Å². The first kappa shape index (κ1) is 12.8. The number of benzene rings is 2.